The Morgan fingerprint density at radius 2 is 1.91 bits per heavy atom. The minimum Gasteiger partial charge on any atom is -0.366 e. The molecule has 1 aliphatic carbocycles. The Hall–Kier alpha value is -1.59. The molecule has 0 radical (unpaired) electrons. The summed E-state index contributed by atoms with van der Waals surface area (Å²) < 4.78 is 0. The molecule has 1 aromatic rings. The van der Waals surface area contributed by atoms with Gasteiger partial charge in [-0.1, -0.05) is 30.9 Å². The van der Waals surface area contributed by atoms with Crippen LogP contribution in [0, 0.1) is 5.41 Å². The molecule has 22 heavy (non-hydrogen) atoms. The molecule has 0 unspecified atom stereocenters. The van der Waals surface area contributed by atoms with Crippen molar-refractivity contribution in [1.29, 1.82) is 0 Å². The Morgan fingerprint density at radius 1 is 1.23 bits per heavy atom. The molecule has 1 aliphatic rings. The quantitative estimate of drug-likeness (QED) is 0.776. The predicted octanol–water partition coefficient (Wildman–Crippen LogP) is 2.68. The van der Waals surface area contributed by atoms with Gasteiger partial charge in [0.25, 0.3) is 0 Å². The molecule has 5 N–H and O–H groups in total. The number of hydrogen-bond acceptors (Lipinski definition) is 3. The van der Waals surface area contributed by atoms with E-state index in [0.29, 0.717) is 18.7 Å². The highest BCUT2D eigenvalue weighted by Gasteiger charge is 2.32. The Bertz CT molecular complexity index is 569. The van der Waals surface area contributed by atoms with Gasteiger partial charge in [0.15, 0.2) is 0 Å². The standard InChI is InChI=1S/C16H22ClN3O2/c17-13-5-4-11(8-12(13)15(19)22)20-14(21)9-16(10-18)6-2-1-3-7-16/h4-5,8H,1-3,6-7,9-10,18H2,(H2,19,22)(H,20,21). The minimum absolute atomic E-state index is 0.0925. The van der Waals surface area contributed by atoms with E-state index in [1.165, 1.54) is 12.5 Å². The summed E-state index contributed by atoms with van der Waals surface area (Å²) in [5.41, 5.74) is 11.8. The highest BCUT2D eigenvalue weighted by atomic mass is 35.5. The molecule has 120 valence electrons. The predicted molar refractivity (Wildman–Crippen MR) is 87.8 cm³/mol. The first-order chi connectivity index (χ1) is 10.5. The van der Waals surface area contributed by atoms with Crippen molar-refractivity contribution in [3.63, 3.8) is 0 Å². The summed E-state index contributed by atoms with van der Waals surface area (Å²) in [5, 5.41) is 3.08. The molecule has 2 amide bonds. The topological polar surface area (TPSA) is 98.2 Å². The van der Waals surface area contributed by atoms with Gasteiger partial charge in [0.1, 0.15) is 0 Å². The average Bonchev–Trinajstić information content (AvgIpc) is 2.49. The van der Waals surface area contributed by atoms with Gasteiger partial charge in [0.05, 0.1) is 10.6 Å². The summed E-state index contributed by atoms with van der Waals surface area (Å²) in [4.78, 5) is 23.6. The van der Waals surface area contributed by atoms with Gasteiger partial charge in [0, 0.05) is 12.1 Å². The molecular formula is C16H22ClN3O2. The molecule has 1 aromatic carbocycles. The number of rotatable bonds is 5. The SMILES string of the molecule is NCC1(CC(=O)Nc2ccc(Cl)c(C(N)=O)c2)CCCCC1. The van der Waals surface area contributed by atoms with Gasteiger partial charge in [0.2, 0.25) is 11.8 Å². The van der Waals surface area contributed by atoms with E-state index in [4.69, 9.17) is 23.1 Å². The van der Waals surface area contributed by atoms with E-state index < -0.39 is 5.91 Å². The molecule has 0 spiro atoms. The van der Waals surface area contributed by atoms with E-state index in [1.807, 2.05) is 0 Å². The van der Waals surface area contributed by atoms with Gasteiger partial charge in [-0.25, -0.2) is 0 Å². The summed E-state index contributed by atoms with van der Waals surface area (Å²) in [6, 6.07) is 4.71. The third kappa shape index (κ3) is 3.99. The van der Waals surface area contributed by atoms with Gasteiger partial charge in [-0.3, -0.25) is 9.59 Å². The summed E-state index contributed by atoms with van der Waals surface area (Å²) in [7, 11) is 0. The lowest BCUT2D eigenvalue weighted by atomic mass is 9.71. The number of hydrogen-bond donors (Lipinski definition) is 3. The number of anilines is 1. The Morgan fingerprint density at radius 3 is 2.50 bits per heavy atom. The van der Waals surface area contributed by atoms with Crippen LogP contribution in [0.15, 0.2) is 18.2 Å². The van der Waals surface area contributed by atoms with Crippen molar-refractivity contribution in [2.45, 2.75) is 38.5 Å². The molecule has 0 saturated heterocycles. The van der Waals surface area contributed by atoms with Gasteiger partial charge in [-0.2, -0.15) is 0 Å². The van der Waals surface area contributed by atoms with Crippen LogP contribution < -0.4 is 16.8 Å². The van der Waals surface area contributed by atoms with Crippen molar-refractivity contribution in [3.8, 4) is 0 Å². The summed E-state index contributed by atoms with van der Waals surface area (Å²) in [6.07, 6.45) is 5.84. The first kappa shape index (κ1) is 16.8. The van der Waals surface area contributed by atoms with E-state index in [0.717, 1.165) is 25.7 Å². The van der Waals surface area contributed by atoms with Gasteiger partial charge in [-0.15, -0.1) is 0 Å². The van der Waals surface area contributed by atoms with E-state index >= 15 is 0 Å². The Labute approximate surface area is 135 Å². The minimum atomic E-state index is -0.619. The normalized spacial score (nSPS) is 17.0. The molecular weight excluding hydrogens is 302 g/mol. The monoisotopic (exact) mass is 323 g/mol. The van der Waals surface area contributed by atoms with Crippen LogP contribution in [-0.2, 0) is 4.79 Å². The molecule has 6 heteroatoms. The number of nitrogens with one attached hydrogen (secondary N) is 1. The maximum atomic E-state index is 12.3. The Balaban J connectivity index is 2.05. The largest absolute Gasteiger partial charge is 0.366 e. The van der Waals surface area contributed by atoms with Crippen molar-refractivity contribution >= 4 is 29.1 Å². The number of carbonyl (C=O) groups is 2. The number of carbonyl (C=O) groups excluding carboxylic acids is 2. The summed E-state index contributed by atoms with van der Waals surface area (Å²) in [5.74, 6) is -0.711. The first-order valence-corrected chi connectivity index (χ1v) is 7.93. The molecule has 0 heterocycles. The van der Waals surface area contributed by atoms with E-state index in [2.05, 4.69) is 5.32 Å². The van der Waals surface area contributed by atoms with Gasteiger partial charge < -0.3 is 16.8 Å². The number of amides is 2. The average molecular weight is 324 g/mol. The summed E-state index contributed by atoms with van der Waals surface area (Å²) in [6.45, 7) is 0.521. The molecule has 1 saturated carbocycles. The summed E-state index contributed by atoms with van der Waals surface area (Å²) >= 11 is 5.90. The highest BCUT2D eigenvalue weighted by Crippen LogP contribution is 2.38. The second-order valence-electron chi connectivity index (χ2n) is 6.05. The van der Waals surface area contributed by atoms with Crippen LogP contribution in [0.3, 0.4) is 0 Å². The van der Waals surface area contributed by atoms with Crippen molar-refractivity contribution in [1.82, 2.24) is 0 Å². The van der Waals surface area contributed by atoms with Crippen molar-refractivity contribution in [3.05, 3.63) is 28.8 Å². The molecule has 0 bridgehead atoms. The second kappa shape index (κ2) is 7.11. The lowest BCUT2D eigenvalue weighted by Crippen LogP contribution is -2.36. The van der Waals surface area contributed by atoms with Crippen LogP contribution in [0.4, 0.5) is 5.69 Å². The van der Waals surface area contributed by atoms with E-state index in [9.17, 15) is 9.59 Å². The van der Waals surface area contributed by atoms with Crippen molar-refractivity contribution in [2.75, 3.05) is 11.9 Å². The number of nitrogens with two attached hydrogens (primary N) is 2. The zero-order chi connectivity index (χ0) is 16.2. The fourth-order valence-corrected chi connectivity index (χ4v) is 3.30. The van der Waals surface area contributed by atoms with Crippen LogP contribution in [0.2, 0.25) is 5.02 Å². The third-order valence-corrected chi connectivity index (χ3v) is 4.73. The molecule has 0 aliphatic heterocycles. The van der Waals surface area contributed by atoms with Crippen LogP contribution in [0.5, 0.6) is 0 Å². The van der Waals surface area contributed by atoms with Crippen LogP contribution in [0.1, 0.15) is 48.9 Å². The van der Waals surface area contributed by atoms with Crippen molar-refractivity contribution in [2.24, 2.45) is 16.9 Å². The second-order valence-corrected chi connectivity index (χ2v) is 6.46. The zero-order valence-corrected chi connectivity index (χ0v) is 13.3. The van der Waals surface area contributed by atoms with Crippen LogP contribution >= 0.6 is 11.6 Å². The van der Waals surface area contributed by atoms with Gasteiger partial charge in [-0.05, 0) is 43.0 Å². The number of halogens is 1. The first-order valence-electron chi connectivity index (χ1n) is 7.55. The Kier molecular flexibility index (Phi) is 5.42. The van der Waals surface area contributed by atoms with Crippen LogP contribution in [-0.4, -0.2) is 18.4 Å². The van der Waals surface area contributed by atoms with E-state index in [1.54, 1.807) is 12.1 Å². The van der Waals surface area contributed by atoms with Crippen molar-refractivity contribution < 1.29 is 9.59 Å². The number of primary amides is 1. The highest BCUT2D eigenvalue weighted by molar-refractivity contribution is 6.33. The smallest absolute Gasteiger partial charge is 0.250 e. The molecule has 0 aromatic heterocycles. The lowest BCUT2D eigenvalue weighted by Gasteiger charge is -2.35. The van der Waals surface area contributed by atoms with Gasteiger partial charge >= 0.3 is 0 Å². The van der Waals surface area contributed by atoms with E-state index in [-0.39, 0.29) is 21.9 Å². The third-order valence-electron chi connectivity index (χ3n) is 4.40. The molecule has 0 atom stereocenters. The maximum absolute atomic E-state index is 12.3. The fraction of sp³-hybridized carbons (Fsp3) is 0.500. The maximum Gasteiger partial charge on any atom is 0.250 e. The molecule has 1 fully saturated rings. The zero-order valence-electron chi connectivity index (χ0n) is 12.5. The fourth-order valence-electron chi connectivity index (χ4n) is 3.09. The lowest BCUT2D eigenvalue weighted by molar-refractivity contribution is -0.118. The van der Waals surface area contributed by atoms with Crippen LogP contribution in [0.25, 0.3) is 0 Å². The molecule has 2 rings (SSSR count). The molecule has 5 nitrogen and oxygen atoms in total. The number of benzene rings is 1.